The molecule has 1 aromatic carbocycles. The maximum atomic E-state index is 5.39. The van der Waals surface area contributed by atoms with Crippen LogP contribution in [0.2, 0.25) is 0 Å². The van der Waals surface area contributed by atoms with Crippen molar-refractivity contribution in [2.24, 2.45) is 5.41 Å². The highest BCUT2D eigenvalue weighted by Gasteiger charge is 2.35. The molecule has 2 heteroatoms. The summed E-state index contributed by atoms with van der Waals surface area (Å²) < 4.78 is 7.59. The quantitative estimate of drug-likeness (QED) is 0.708. The Morgan fingerprint density at radius 2 is 2.00 bits per heavy atom. The molecule has 0 N–H and O–H groups in total. The van der Waals surface area contributed by atoms with Crippen LogP contribution in [0.4, 0.5) is 0 Å². The Kier molecular flexibility index (Phi) is 3.27. The standard InChI is InChI=1S/C19H24NO/c1-13-16(9-11-20(13)4)18-17-7-6-15(21-5)12-14(17)8-10-19(18,2)3/h6-7,9,11-12H,8,10H2,1-5H3/q+1/b18-16-. The molecule has 21 heavy (non-hydrogen) atoms. The zero-order valence-corrected chi connectivity index (χ0v) is 13.7. The smallest absolute Gasteiger partial charge is 0.185 e. The van der Waals surface area contributed by atoms with Gasteiger partial charge in [-0.05, 0) is 47.1 Å². The molecule has 0 aromatic heterocycles. The third-order valence-electron chi connectivity index (χ3n) is 4.93. The van der Waals surface area contributed by atoms with Gasteiger partial charge in [-0.1, -0.05) is 19.9 Å². The minimum absolute atomic E-state index is 0.202. The van der Waals surface area contributed by atoms with Gasteiger partial charge in [0.2, 0.25) is 0 Å². The van der Waals surface area contributed by atoms with Crippen LogP contribution in [0.3, 0.4) is 0 Å². The van der Waals surface area contributed by atoms with Gasteiger partial charge in [0, 0.05) is 13.0 Å². The summed E-state index contributed by atoms with van der Waals surface area (Å²) in [6.45, 7) is 6.93. The Balaban J connectivity index is 2.25. The van der Waals surface area contributed by atoms with Crippen molar-refractivity contribution < 1.29 is 9.31 Å². The Morgan fingerprint density at radius 1 is 1.24 bits per heavy atom. The van der Waals surface area contributed by atoms with Crippen LogP contribution in [-0.2, 0) is 6.42 Å². The van der Waals surface area contributed by atoms with Gasteiger partial charge in [-0.3, -0.25) is 0 Å². The predicted octanol–water partition coefficient (Wildman–Crippen LogP) is 4.05. The summed E-state index contributed by atoms with van der Waals surface area (Å²) in [6.07, 6.45) is 6.71. The maximum absolute atomic E-state index is 5.39. The van der Waals surface area contributed by atoms with E-state index in [9.17, 15) is 0 Å². The fourth-order valence-corrected chi connectivity index (χ4v) is 3.47. The molecular formula is C19H24NO+. The van der Waals surface area contributed by atoms with Gasteiger partial charge in [-0.25, -0.2) is 4.58 Å². The van der Waals surface area contributed by atoms with Gasteiger partial charge in [0.05, 0.1) is 12.7 Å². The number of aryl methyl sites for hydroxylation is 1. The van der Waals surface area contributed by atoms with Crippen molar-refractivity contribution in [3.63, 3.8) is 0 Å². The second-order valence-corrected chi connectivity index (χ2v) is 6.71. The molecule has 0 atom stereocenters. The first-order valence-electron chi connectivity index (χ1n) is 7.61. The van der Waals surface area contributed by atoms with Crippen molar-refractivity contribution in [1.82, 2.24) is 0 Å². The Labute approximate surface area is 127 Å². The highest BCUT2D eigenvalue weighted by atomic mass is 16.5. The number of rotatable bonds is 1. The van der Waals surface area contributed by atoms with Crippen LogP contribution in [0.1, 0.15) is 38.3 Å². The fraction of sp³-hybridized carbons (Fsp3) is 0.421. The van der Waals surface area contributed by atoms with Crippen molar-refractivity contribution in [1.29, 1.82) is 0 Å². The molecule has 3 rings (SSSR count). The zero-order valence-electron chi connectivity index (χ0n) is 13.7. The number of hydrogen-bond acceptors (Lipinski definition) is 1. The molecule has 2 nitrogen and oxygen atoms in total. The first kappa shape index (κ1) is 14.1. The summed E-state index contributed by atoms with van der Waals surface area (Å²) in [6, 6.07) is 6.51. The van der Waals surface area contributed by atoms with E-state index in [1.54, 1.807) is 7.11 Å². The first-order chi connectivity index (χ1) is 9.94. The Bertz CT molecular complexity index is 690. The molecular weight excluding hydrogens is 258 g/mol. The van der Waals surface area contributed by atoms with Crippen molar-refractivity contribution in [3.8, 4) is 5.75 Å². The fourth-order valence-electron chi connectivity index (χ4n) is 3.47. The number of benzene rings is 1. The normalized spacial score (nSPS) is 23.5. The SMILES string of the molecule is COc1ccc2c(c1)CCC(C)(C)/C2=C1/C=C[N+](C)=C1C. The van der Waals surface area contributed by atoms with E-state index in [-0.39, 0.29) is 5.41 Å². The molecule has 0 fully saturated rings. The molecule has 1 aliphatic carbocycles. The Hall–Kier alpha value is -1.83. The summed E-state index contributed by atoms with van der Waals surface area (Å²) in [7, 11) is 3.85. The molecule has 2 aliphatic rings. The van der Waals surface area contributed by atoms with Gasteiger partial charge < -0.3 is 4.74 Å². The molecule has 0 unspecified atom stereocenters. The lowest BCUT2D eigenvalue weighted by Crippen LogP contribution is -2.24. The lowest BCUT2D eigenvalue weighted by atomic mass is 9.68. The van der Waals surface area contributed by atoms with E-state index in [1.165, 1.54) is 34.4 Å². The summed E-state index contributed by atoms with van der Waals surface area (Å²) in [5.41, 5.74) is 7.20. The molecule has 0 saturated carbocycles. The second-order valence-electron chi connectivity index (χ2n) is 6.71. The molecule has 0 saturated heterocycles. The van der Waals surface area contributed by atoms with E-state index in [1.807, 2.05) is 0 Å². The molecule has 0 amide bonds. The third kappa shape index (κ3) is 2.23. The molecule has 1 aliphatic heterocycles. The predicted molar refractivity (Wildman–Crippen MR) is 88.0 cm³/mol. The molecule has 1 aromatic rings. The number of methoxy groups -OCH3 is 1. The van der Waals surface area contributed by atoms with Crippen molar-refractivity contribution in [2.75, 3.05) is 14.2 Å². The summed E-state index contributed by atoms with van der Waals surface area (Å²) in [4.78, 5) is 0. The largest absolute Gasteiger partial charge is 0.497 e. The van der Waals surface area contributed by atoms with E-state index in [2.05, 4.69) is 62.9 Å². The van der Waals surface area contributed by atoms with Gasteiger partial charge in [0.1, 0.15) is 12.8 Å². The van der Waals surface area contributed by atoms with Crippen LogP contribution >= 0.6 is 0 Å². The van der Waals surface area contributed by atoms with E-state index in [4.69, 9.17) is 4.74 Å². The van der Waals surface area contributed by atoms with Crippen molar-refractivity contribution in [2.45, 2.75) is 33.6 Å². The monoisotopic (exact) mass is 282 g/mol. The molecule has 0 radical (unpaired) electrons. The van der Waals surface area contributed by atoms with E-state index in [0.717, 1.165) is 12.2 Å². The van der Waals surface area contributed by atoms with E-state index < -0.39 is 0 Å². The first-order valence-corrected chi connectivity index (χ1v) is 7.61. The lowest BCUT2D eigenvalue weighted by molar-refractivity contribution is -0.418. The van der Waals surface area contributed by atoms with Gasteiger partial charge in [-0.2, -0.15) is 0 Å². The summed E-state index contributed by atoms with van der Waals surface area (Å²) >= 11 is 0. The Morgan fingerprint density at radius 3 is 2.62 bits per heavy atom. The summed E-state index contributed by atoms with van der Waals surface area (Å²) in [5.74, 6) is 0.956. The van der Waals surface area contributed by atoms with Gasteiger partial charge in [0.15, 0.2) is 11.9 Å². The van der Waals surface area contributed by atoms with Crippen LogP contribution in [0.5, 0.6) is 5.75 Å². The van der Waals surface area contributed by atoms with Crippen LogP contribution in [0.15, 0.2) is 36.0 Å². The van der Waals surface area contributed by atoms with E-state index in [0.29, 0.717) is 0 Å². The minimum atomic E-state index is 0.202. The average molecular weight is 282 g/mol. The van der Waals surface area contributed by atoms with Crippen LogP contribution < -0.4 is 4.74 Å². The van der Waals surface area contributed by atoms with Crippen molar-refractivity contribution >= 4 is 11.3 Å². The molecule has 0 bridgehead atoms. The number of ether oxygens (including phenoxy) is 1. The minimum Gasteiger partial charge on any atom is -0.497 e. The van der Waals surface area contributed by atoms with Gasteiger partial charge >= 0.3 is 0 Å². The van der Waals surface area contributed by atoms with Crippen LogP contribution in [0.25, 0.3) is 5.57 Å². The molecule has 0 spiro atoms. The van der Waals surface area contributed by atoms with Crippen LogP contribution in [-0.4, -0.2) is 24.4 Å². The van der Waals surface area contributed by atoms with Gasteiger partial charge in [-0.15, -0.1) is 0 Å². The van der Waals surface area contributed by atoms with Crippen molar-refractivity contribution in [3.05, 3.63) is 47.2 Å². The number of fused-ring (bicyclic) bond motifs is 1. The van der Waals surface area contributed by atoms with Gasteiger partial charge in [0.25, 0.3) is 0 Å². The van der Waals surface area contributed by atoms with E-state index >= 15 is 0 Å². The third-order valence-corrected chi connectivity index (χ3v) is 4.93. The topological polar surface area (TPSA) is 12.2 Å². The maximum Gasteiger partial charge on any atom is 0.185 e. The highest BCUT2D eigenvalue weighted by Crippen LogP contribution is 2.47. The number of allylic oxidation sites excluding steroid dienone is 3. The zero-order chi connectivity index (χ0) is 15.2. The van der Waals surface area contributed by atoms with Crippen LogP contribution in [0, 0.1) is 5.41 Å². The number of nitrogens with zero attached hydrogens (tertiary/aromatic N) is 1. The second kappa shape index (κ2) is 4.87. The lowest BCUT2D eigenvalue weighted by Gasteiger charge is -2.35. The average Bonchev–Trinajstić information content (AvgIpc) is 2.78. The molecule has 1 heterocycles. The highest BCUT2D eigenvalue weighted by molar-refractivity contribution is 6.07. The summed E-state index contributed by atoms with van der Waals surface area (Å²) in [5, 5.41) is 0. The molecule has 110 valence electrons. The number of hydrogen-bond donors (Lipinski definition) is 0.